The predicted molar refractivity (Wildman–Crippen MR) is 57.4 cm³/mol. The van der Waals surface area contributed by atoms with E-state index in [-0.39, 0.29) is 11.9 Å². The molecule has 0 saturated heterocycles. The first-order valence-corrected chi connectivity index (χ1v) is 5.79. The minimum atomic E-state index is -0.229. The summed E-state index contributed by atoms with van der Waals surface area (Å²) in [6, 6.07) is 0. The van der Waals surface area contributed by atoms with Crippen LogP contribution in [0.2, 0.25) is 0 Å². The molecule has 1 aliphatic rings. The van der Waals surface area contributed by atoms with Gasteiger partial charge in [-0.05, 0) is 12.3 Å². The maximum atomic E-state index is 11.4. The van der Waals surface area contributed by atoms with Crippen LogP contribution in [0, 0.1) is 11.8 Å². The van der Waals surface area contributed by atoms with Crippen LogP contribution in [0.1, 0.15) is 44.9 Å². The van der Waals surface area contributed by atoms with Crippen molar-refractivity contribution in [1.29, 1.82) is 0 Å². The normalized spacial score (nSPS) is 19.5. The summed E-state index contributed by atoms with van der Waals surface area (Å²) in [5, 5.41) is 0. The van der Waals surface area contributed by atoms with Crippen molar-refractivity contribution >= 4 is 12.3 Å². The molecule has 0 amide bonds. The average molecular weight is 212 g/mol. The largest absolute Gasteiger partial charge is 0.469 e. The molecule has 1 atom stereocenters. The lowest BCUT2D eigenvalue weighted by Gasteiger charge is -2.24. The fourth-order valence-electron chi connectivity index (χ4n) is 2.40. The summed E-state index contributed by atoms with van der Waals surface area (Å²) >= 11 is 0. The molecule has 0 radical (unpaired) electrons. The van der Waals surface area contributed by atoms with Crippen LogP contribution in [-0.2, 0) is 14.3 Å². The molecule has 1 aliphatic carbocycles. The zero-order chi connectivity index (χ0) is 11.1. The summed E-state index contributed by atoms with van der Waals surface area (Å²) in [6.07, 6.45) is 8.20. The Morgan fingerprint density at radius 3 is 2.60 bits per heavy atom. The lowest BCUT2D eigenvalue weighted by Crippen LogP contribution is -2.21. The Kier molecular flexibility index (Phi) is 5.37. The number of esters is 1. The van der Waals surface area contributed by atoms with Gasteiger partial charge in [-0.1, -0.05) is 32.1 Å². The van der Waals surface area contributed by atoms with E-state index in [1.807, 2.05) is 0 Å². The second-order valence-corrected chi connectivity index (χ2v) is 4.36. The maximum absolute atomic E-state index is 11.4. The molecule has 0 aromatic heterocycles. The monoisotopic (exact) mass is 212 g/mol. The van der Waals surface area contributed by atoms with Gasteiger partial charge in [0.2, 0.25) is 0 Å². The first-order valence-electron chi connectivity index (χ1n) is 5.79. The minimum Gasteiger partial charge on any atom is -0.469 e. The molecule has 3 nitrogen and oxygen atoms in total. The standard InChI is InChI=1S/C12H20O3/c1-15-12(14)11(7-8-13)9-10-5-3-2-4-6-10/h8,10-11H,2-7,9H2,1H3. The van der Waals surface area contributed by atoms with E-state index in [1.54, 1.807) is 0 Å². The van der Waals surface area contributed by atoms with Crippen molar-refractivity contribution in [2.24, 2.45) is 11.8 Å². The Hall–Kier alpha value is -0.860. The van der Waals surface area contributed by atoms with Gasteiger partial charge in [0.25, 0.3) is 0 Å². The Labute approximate surface area is 91.2 Å². The van der Waals surface area contributed by atoms with E-state index in [1.165, 1.54) is 39.2 Å². The van der Waals surface area contributed by atoms with E-state index in [2.05, 4.69) is 0 Å². The molecule has 3 heteroatoms. The van der Waals surface area contributed by atoms with Crippen molar-refractivity contribution < 1.29 is 14.3 Å². The van der Waals surface area contributed by atoms with Gasteiger partial charge in [0.1, 0.15) is 6.29 Å². The lowest BCUT2D eigenvalue weighted by atomic mass is 9.82. The molecular formula is C12H20O3. The summed E-state index contributed by atoms with van der Waals surface area (Å²) in [4.78, 5) is 21.9. The molecule has 15 heavy (non-hydrogen) atoms. The van der Waals surface area contributed by atoms with E-state index >= 15 is 0 Å². The number of hydrogen-bond donors (Lipinski definition) is 0. The summed E-state index contributed by atoms with van der Waals surface area (Å²) in [5.41, 5.74) is 0. The molecule has 0 bridgehead atoms. The van der Waals surface area contributed by atoms with Crippen LogP contribution in [-0.4, -0.2) is 19.4 Å². The minimum absolute atomic E-state index is 0.212. The quantitative estimate of drug-likeness (QED) is 0.519. The summed E-state index contributed by atoms with van der Waals surface area (Å²) < 4.78 is 4.71. The van der Waals surface area contributed by atoms with Crippen molar-refractivity contribution in [1.82, 2.24) is 0 Å². The van der Waals surface area contributed by atoms with Gasteiger partial charge in [0.15, 0.2) is 0 Å². The number of carbonyl (C=O) groups is 2. The SMILES string of the molecule is COC(=O)C(CC=O)CC1CCCCC1. The molecule has 86 valence electrons. The Morgan fingerprint density at radius 1 is 1.40 bits per heavy atom. The Bertz CT molecular complexity index is 207. The lowest BCUT2D eigenvalue weighted by molar-refractivity contribution is -0.147. The van der Waals surface area contributed by atoms with Crippen LogP contribution >= 0.6 is 0 Å². The highest BCUT2D eigenvalue weighted by atomic mass is 16.5. The number of methoxy groups -OCH3 is 1. The van der Waals surface area contributed by atoms with Gasteiger partial charge in [0.05, 0.1) is 13.0 Å². The third kappa shape index (κ3) is 4.02. The maximum Gasteiger partial charge on any atom is 0.309 e. The fourth-order valence-corrected chi connectivity index (χ4v) is 2.40. The van der Waals surface area contributed by atoms with E-state index in [0.717, 1.165) is 12.7 Å². The fraction of sp³-hybridized carbons (Fsp3) is 0.833. The zero-order valence-electron chi connectivity index (χ0n) is 9.41. The molecule has 1 fully saturated rings. The molecule has 1 saturated carbocycles. The summed E-state index contributed by atoms with van der Waals surface area (Å²) in [5.74, 6) is 0.172. The zero-order valence-corrected chi connectivity index (χ0v) is 9.41. The van der Waals surface area contributed by atoms with Crippen LogP contribution in [0.15, 0.2) is 0 Å². The third-order valence-electron chi connectivity index (χ3n) is 3.26. The molecule has 0 aromatic rings. The molecule has 1 rings (SSSR count). The Morgan fingerprint density at radius 2 is 2.07 bits per heavy atom. The second kappa shape index (κ2) is 6.59. The summed E-state index contributed by atoms with van der Waals surface area (Å²) in [7, 11) is 1.39. The topological polar surface area (TPSA) is 43.4 Å². The van der Waals surface area contributed by atoms with Gasteiger partial charge in [0, 0.05) is 6.42 Å². The third-order valence-corrected chi connectivity index (χ3v) is 3.26. The van der Waals surface area contributed by atoms with Crippen LogP contribution in [0.25, 0.3) is 0 Å². The van der Waals surface area contributed by atoms with Gasteiger partial charge in [-0.15, -0.1) is 0 Å². The molecule has 0 spiro atoms. The number of carbonyl (C=O) groups excluding carboxylic acids is 2. The van der Waals surface area contributed by atoms with E-state index in [9.17, 15) is 9.59 Å². The van der Waals surface area contributed by atoms with Gasteiger partial charge in [-0.2, -0.15) is 0 Å². The summed E-state index contributed by atoms with van der Waals surface area (Å²) in [6.45, 7) is 0. The highest BCUT2D eigenvalue weighted by Crippen LogP contribution is 2.30. The van der Waals surface area contributed by atoms with Gasteiger partial charge in [-0.25, -0.2) is 0 Å². The predicted octanol–water partition coefficient (Wildman–Crippen LogP) is 2.33. The van der Waals surface area contributed by atoms with Crippen molar-refractivity contribution in [2.45, 2.75) is 44.9 Å². The van der Waals surface area contributed by atoms with E-state index < -0.39 is 0 Å². The highest BCUT2D eigenvalue weighted by molar-refractivity contribution is 5.75. The first-order chi connectivity index (χ1) is 7.27. The van der Waals surface area contributed by atoms with Crippen molar-refractivity contribution in [2.75, 3.05) is 7.11 Å². The van der Waals surface area contributed by atoms with Crippen molar-refractivity contribution in [3.8, 4) is 0 Å². The van der Waals surface area contributed by atoms with E-state index in [4.69, 9.17) is 4.74 Å². The number of rotatable bonds is 5. The number of aldehydes is 1. The number of hydrogen-bond acceptors (Lipinski definition) is 3. The van der Waals surface area contributed by atoms with Crippen LogP contribution in [0.4, 0.5) is 0 Å². The smallest absolute Gasteiger partial charge is 0.309 e. The van der Waals surface area contributed by atoms with Gasteiger partial charge < -0.3 is 9.53 Å². The molecular weight excluding hydrogens is 192 g/mol. The van der Waals surface area contributed by atoms with Crippen LogP contribution < -0.4 is 0 Å². The van der Waals surface area contributed by atoms with Crippen LogP contribution in [0.3, 0.4) is 0 Å². The van der Waals surface area contributed by atoms with Gasteiger partial charge >= 0.3 is 5.97 Å². The first kappa shape index (κ1) is 12.2. The molecule has 1 unspecified atom stereocenters. The van der Waals surface area contributed by atoms with Crippen molar-refractivity contribution in [3.05, 3.63) is 0 Å². The van der Waals surface area contributed by atoms with E-state index in [0.29, 0.717) is 12.3 Å². The molecule has 0 N–H and O–H groups in total. The average Bonchev–Trinajstić information content (AvgIpc) is 2.29. The highest BCUT2D eigenvalue weighted by Gasteiger charge is 2.24. The second-order valence-electron chi connectivity index (χ2n) is 4.36. The van der Waals surface area contributed by atoms with Gasteiger partial charge in [-0.3, -0.25) is 4.79 Å². The number of ether oxygens (including phenoxy) is 1. The molecule has 0 aliphatic heterocycles. The Balaban J connectivity index is 2.41. The molecule has 0 aromatic carbocycles. The molecule has 0 heterocycles. The van der Waals surface area contributed by atoms with Crippen molar-refractivity contribution in [3.63, 3.8) is 0 Å². The van der Waals surface area contributed by atoms with Crippen LogP contribution in [0.5, 0.6) is 0 Å².